The highest BCUT2D eigenvalue weighted by Gasteiger charge is 2.28. The third-order valence-corrected chi connectivity index (χ3v) is 3.71. The lowest BCUT2D eigenvalue weighted by molar-refractivity contribution is -0.153. The maximum Gasteiger partial charge on any atom is 0.312 e. The van der Waals surface area contributed by atoms with Crippen LogP contribution in [0.3, 0.4) is 0 Å². The first kappa shape index (κ1) is 17.9. The molecule has 122 valence electrons. The summed E-state index contributed by atoms with van der Waals surface area (Å²) in [7, 11) is 3.15. The molecule has 2 amide bonds. The van der Waals surface area contributed by atoms with Gasteiger partial charge in [-0.3, -0.25) is 9.59 Å². The predicted molar refractivity (Wildman–Crippen MR) is 79.0 cm³/mol. The first-order valence-corrected chi connectivity index (χ1v) is 7.42. The van der Waals surface area contributed by atoms with Gasteiger partial charge in [-0.05, 0) is 6.54 Å². The molecule has 0 N–H and O–H groups in total. The van der Waals surface area contributed by atoms with Crippen LogP contribution in [0.5, 0.6) is 0 Å². The molecule has 7 heteroatoms. The molecular weight excluding hydrogens is 274 g/mol. The van der Waals surface area contributed by atoms with Crippen molar-refractivity contribution in [2.75, 3.05) is 73.2 Å². The van der Waals surface area contributed by atoms with Gasteiger partial charge in [0.25, 0.3) is 0 Å². The molecule has 0 atom stereocenters. The van der Waals surface area contributed by atoms with E-state index in [-0.39, 0.29) is 0 Å². The van der Waals surface area contributed by atoms with E-state index in [1.54, 1.807) is 19.1 Å². The average Bonchev–Trinajstić information content (AvgIpc) is 2.54. The van der Waals surface area contributed by atoms with Crippen LogP contribution in [-0.4, -0.2) is 99.8 Å². The minimum Gasteiger partial charge on any atom is -0.383 e. The number of rotatable bonds is 7. The van der Waals surface area contributed by atoms with Crippen LogP contribution in [0.25, 0.3) is 0 Å². The molecule has 0 aromatic rings. The number of piperazine rings is 1. The van der Waals surface area contributed by atoms with Crippen molar-refractivity contribution < 1.29 is 19.1 Å². The topological polar surface area (TPSA) is 62.3 Å². The van der Waals surface area contributed by atoms with Gasteiger partial charge in [0, 0.05) is 53.5 Å². The van der Waals surface area contributed by atoms with Gasteiger partial charge < -0.3 is 24.2 Å². The minimum absolute atomic E-state index is 0.402. The molecule has 1 aliphatic rings. The SMILES string of the molecule is CCN1CCN(C(=O)C(=O)N(CCOC)CCOC)CC1. The molecule has 0 spiro atoms. The van der Waals surface area contributed by atoms with Crippen molar-refractivity contribution in [2.24, 2.45) is 0 Å². The highest BCUT2D eigenvalue weighted by atomic mass is 16.5. The van der Waals surface area contributed by atoms with Gasteiger partial charge in [0.2, 0.25) is 0 Å². The molecule has 0 bridgehead atoms. The van der Waals surface area contributed by atoms with Crippen molar-refractivity contribution >= 4 is 11.8 Å². The zero-order valence-corrected chi connectivity index (χ0v) is 13.3. The van der Waals surface area contributed by atoms with Crippen LogP contribution < -0.4 is 0 Å². The van der Waals surface area contributed by atoms with E-state index in [1.807, 2.05) is 0 Å². The number of hydrogen-bond acceptors (Lipinski definition) is 5. The van der Waals surface area contributed by atoms with Crippen LogP contribution in [0.4, 0.5) is 0 Å². The van der Waals surface area contributed by atoms with Crippen molar-refractivity contribution in [3.8, 4) is 0 Å². The molecule has 0 aromatic heterocycles. The van der Waals surface area contributed by atoms with Gasteiger partial charge >= 0.3 is 11.8 Å². The Balaban J connectivity index is 2.54. The van der Waals surface area contributed by atoms with Gasteiger partial charge in [0.1, 0.15) is 0 Å². The Morgan fingerprint density at radius 2 is 1.52 bits per heavy atom. The van der Waals surface area contributed by atoms with Crippen molar-refractivity contribution in [1.82, 2.24) is 14.7 Å². The quantitative estimate of drug-likeness (QED) is 0.580. The molecule has 21 heavy (non-hydrogen) atoms. The molecule has 1 saturated heterocycles. The summed E-state index contributed by atoms with van der Waals surface area (Å²) in [5.74, 6) is -0.882. The molecular formula is C14H27N3O4. The Labute approximate surface area is 126 Å². The number of hydrogen-bond donors (Lipinski definition) is 0. The second-order valence-corrected chi connectivity index (χ2v) is 5.00. The highest BCUT2D eigenvalue weighted by molar-refractivity contribution is 6.34. The van der Waals surface area contributed by atoms with Crippen molar-refractivity contribution in [1.29, 1.82) is 0 Å². The fraction of sp³-hybridized carbons (Fsp3) is 0.857. The molecule has 1 aliphatic heterocycles. The van der Waals surface area contributed by atoms with E-state index in [4.69, 9.17) is 9.47 Å². The number of ether oxygens (including phenoxy) is 2. The Kier molecular flexibility index (Phi) is 8.26. The Bertz CT molecular complexity index is 322. The molecule has 0 radical (unpaired) electrons. The number of nitrogens with zero attached hydrogens (tertiary/aromatic N) is 3. The fourth-order valence-corrected chi connectivity index (χ4v) is 2.26. The number of amides is 2. The summed E-state index contributed by atoms with van der Waals surface area (Å²) < 4.78 is 9.98. The first-order valence-electron chi connectivity index (χ1n) is 7.42. The van der Waals surface area contributed by atoms with E-state index in [0.29, 0.717) is 39.4 Å². The zero-order valence-electron chi connectivity index (χ0n) is 13.3. The van der Waals surface area contributed by atoms with Crippen LogP contribution in [-0.2, 0) is 19.1 Å². The zero-order chi connectivity index (χ0) is 15.7. The van der Waals surface area contributed by atoms with Gasteiger partial charge in [0.05, 0.1) is 13.2 Å². The molecule has 0 saturated carbocycles. The van der Waals surface area contributed by atoms with Gasteiger partial charge in [-0.25, -0.2) is 0 Å². The van der Waals surface area contributed by atoms with E-state index < -0.39 is 11.8 Å². The summed E-state index contributed by atoms with van der Waals surface area (Å²) in [5.41, 5.74) is 0. The van der Waals surface area contributed by atoms with E-state index in [0.717, 1.165) is 19.6 Å². The number of methoxy groups -OCH3 is 2. The summed E-state index contributed by atoms with van der Waals surface area (Å²) in [6.45, 7) is 7.57. The average molecular weight is 301 g/mol. The molecule has 0 aliphatic carbocycles. The lowest BCUT2D eigenvalue weighted by Crippen LogP contribution is -2.53. The second kappa shape index (κ2) is 9.70. The van der Waals surface area contributed by atoms with Gasteiger partial charge in [-0.15, -0.1) is 0 Å². The summed E-state index contributed by atoms with van der Waals surface area (Å²) in [4.78, 5) is 30.0. The standard InChI is InChI=1S/C14H27N3O4/c1-4-15-5-7-16(8-6-15)13(18)14(19)17(9-11-20-2)10-12-21-3/h4-12H2,1-3H3. The lowest BCUT2D eigenvalue weighted by Gasteiger charge is -2.34. The van der Waals surface area contributed by atoms with Gasteiger partial charge in [0.15, 0.2) is 0 Å². The number of likely N-dealkylation sites (N-methyl/N-ethyl adjacent to an activating group) is 1. The molecule has 0 aromatic carbocycles. The van der Waals surface area contributed by atoms with E-state index in [2.05, 4.69) is 11.8 Å². The Hall–Kier alpha value is -1.18. The number of carbonyl (C=O) groups is 2. The maximum absolute atomic E-state index is 12.3. The van der Waals surface area contributed by atoms with Crippen molar-refractivity contribution in [2.45, 2.75) is 6.92 Å². The van der Waals surface area contributed by atoms with Crippen LogP contribution >= 0.6 is 0 Å². The van der Waals surface area contributed by atoms with E-state index in [9.17, 15) is 9.59 Å². The summed E-state index contributed by atoms with van der Waals surface area (Å²) in [6, 6.07) is 0. The van der Waals surface area contributed by atoms with E-state index in [1.165, 1.54) is 4.90 Å². The van der Waals surface area contributed by atoms with E-state index >= 15 is 0 Å². The van der Waals surface area contributed by atoms with Crippen LogP contribution in [0.1, 0.15) is 6.92 Å². The maximum atomic E-state index is 12.3. The van der Waals surface area contributed by atoms with Crippen molar-refractivity contribution in [3.05, 3.63) is 0 Å². The third kappa shape index (κ3) is 5.61. The smallest absolute Gasteiger partial charge is 0.312 e. The van der Waals surface area contributed by atoms with Crippen LogP contribution in [0, 0.1) is 0 Å². The lowest BCUT2D eigenvalue weighted by atomic mass is 10.3. The van der Waals surface area contributed by atoms with Gasteiger partial charge in [-0.1, -0.05) is 6.92 Å². The molecule has 7 nitrogen and oxygen atoms in total. The first-order chi connectivity index (χ1) is 10.1. The Morgan fingerprint density at radius 3 is 1.95 bits per heavy atom. The highest BCUT2D eigenvalue weighted by Crippen LogP contribution is 2.04. The molecule has 1 fully saturated rings. The summed E-state index contributed by atoms with van der Waals surface area (Å²) >= 11 is 0. The number of carbonyl (C=O) groups excluding carboxylic acids is 2. The molecule has 0 unspecified atom stereocenters. The minimum atomic E-state index is -0.464. The summed E-state index contributed by atoms with van der Waals surface area (Å²) in [6.07, 6.45) is 0. The Morgan fingerprint density at radius 1 is 1.00 bits per heavy atom. The van der Waals surface area contributed by atoms with Gasteiger partial charge in [-0.2, -0.15) is 0 Å². The van der Waals surface area contributed by atoms with Crippen LogP contribution in [0.2, 0.25) is 0 Å². The predicted octanol–water partition coefficient (Wildman–Crippen LogP) is -0.728. The third-order valence-electron chi connectivity index (χ3n) is 3.71. The second-order valence-electron chi connectivity index (χ2n) is 5.00. The summed E-state index contributed by atoms with van der Waals surface area (Å²) in [5, 5.41) is 0. The molecule has 1 heterocycles. The molecule has 1 rings (SSSR count). The van der Waals surface area contributed by atoms with Crippen molar-refractivity contribution in [3.63, 3.8) is 0 Å². The normalized spacial score (nSPS) is 16.0. The van der Waals surface area contributed by atoms with Crippen LogP contribution in [0.15, 0.2) is 0 Å². The monoisotopic (exact) mass is 301 g/mol. The largest absolute Gasteiger partial charge is 0.383 e. The fourth-order valence-electron chi connectivity index (χ4n) is 2.26.